The predicted octanol–water partition coefficient (Wildman–Crippen LogP) is 3.46. The van der Waals surface area contributed by atoms with Crippen molar-refractivity contribution in [2.75, 3.05) is 18.5 Å². The maximum Gasteiger partial charge on any atom is 0.274 e. The minimum atomic E-state index is -0.575. The first-order chi connectivity index (χ1) is 13.6. The maximum absolute atomic E-state index is 13.7. The second-order valence-corrected chi connectivity index (χ2v) is 6.88. The van der Waals surface area contributed by atoms with Gasteiger partial charge < -0.3 is 14.6 Å². The average Bonchev–Trinajstić information content (AvgIpc) is 3.04. The quantitative estimate of drug-likeness (QED) is 0.463. The Bertz CT molecular complexity index is 981. The molecule has 146 valence electrons. The van der Waals surface area contributed by atoms with E-state index in [-0.39, 0.29) is 5.82 Å². The van der Waals surface area contributed by atoms with Gasteiger partial charge in [0, 0.05) is 37.1 Å². The van der Waals surface area contributed by atoms with E-state index < -0.39 is 5.91 Å². The van der Waals surface area contributed by atoms with Crippen LogP contribution in [0.15, 0.2) is 42.5 Å². The number of carbonyl (C=O) groups excluding carboxylic acids is 1. The molecule has 1 amide bonds. The molecule has 8 heteroatoms. The highest BCUT2D eigenvalue weighted by Crippen LogP contribution is 2.27. The van der Waals surface area contributed by atoms with E-state index in [0.717, 1.165) is 43.8 Å². The second-order valence-electron chi connectivity index (χ2n) is 6.88. The summed E-state index contributed by atoms with van der Waals surface area (Å²) in [6.45, 7) is 2.27. The molecule has 1 saturated heterocycles. The first-order valence-corrected chi connectivity index (χ1v) is 9.19. The maximum atomic E-state index is 13.7. The van der Waals surface area contributed by atoms with Crippen LogP contribution < -0.4 is 10.8 Å². The Labute approximate surface area is 161 Å². The normalized spacial score (nSPS) is 14.9. The van der Waals surface area contributed by atoms with Crippen LogP contribution in [0, 0.1) is 11.7 Å². The highest BCUT2D eigenvalue weighted by atomic mass is 19.1. The van der Waals surface area contributed by atoms with E-state index in [2.05, 4.69) is 14.9 Å². The van der Waals surface area contributed by atoms with E-state index in [0.29, 0.717) is 22.9 Å². The number of ether oxygens (including phenoxy) is 1. The van der Waals surface area contributed by atoms with E-state index in [1.807, 2.05) is 0 Å². The van der Waals surface area contributed by atoms with Crippen molar-refractivity contribution in [3.8, 4) is 0 Å². The molecule has 1 aromatic heterocycles. The lowest BCUT2D eigenvalue weighted by molar-refractivity contribution is 0.0617. The molecule has 0 aliphatic carbocycles. The summed E-state index contributed by atoms with van der Waals surface area (Å²) in [6.07, 6.45) is 1.95. The van der Waals surface area contributed by atoms with Crippen LogP contribution in [0.5, 0.6) is 0 Å². The Balaban J connectivity index is 1.64. The Morgan fingerprint density at radius 2 is 1.96 bits per heavy atom. The number of amides is 1. The van der Waals surface area contributed by atoms with E-state index >= 15 is 0 Å². The molecule has 0 spiro atoms. The average molecular weight is 384 g/mol. The molecule has 0 bridgehead atoms. The number of nitrogens with zero attached hydrogens (tertiary/aromatic N) is 2. The first-order valence-electron chi connectivity index (χ1n) is 9.19. The molecule has 0 saturated carbocycles. The third-order valence-corrected chi connectivity index (χ3v) is 5.00. The summed E-state index contributed by atoms with van der Waals surface area (Å²) in [5.41, 5.74) is 4.14. The number of rotatable bonds is 5. The summed E-state index contributed by atoms with van der Waals surface area (Å²) >= 11 is 0. The molecule has 28 heavy (non-hydrogen) atoms. The number of hydrogen-bond donors (Lipinski definition) is 3. The number of fused-ring (bicyclic) bond motifs is 1. The third-order valence-electron chi connectivity index (χ3n) is 5.00. The SMILES string of the molecule is O=C(NO)c1ccc(Nc2nc3cc(F)ccc3n2CC2CCOCC2)cc1. The molecule has 7 nitrogen and oxygen atoms in total. The number of hydroxylamine groups is 1. The van der Waals surface area contributed by atoms with Crippen molar-refractivity contribution < 1.29 is 19.1 Å². The third kappa shape index (κ3) is 3.83. The van der Waals surface area contributed by atoms with Crippen LogP contribution in [0.25, 0.3) is 11.0 Å². The molecule has 4 rings (SSSR count). The van der Waals surface area contributed by atoms with Crippen molar-refractivity contribution in [1.82, 2.24) is 15.0 Å². The van der Waals surface area contributed by atoms with E-state index in [4.69, 9.17) is 9.94 Å². The van der Waals surface area contributed by atoms with Crippen molar-refractivity contribution in [2.45, 2.75) is 19.4 Å². The number of nitrogens with one attached hydrogen (secondary N) is 2. The van der Waals surface area contributed by atoms with Gasteiger partial charge in [-0.2, -0.15) is 0 Å². The van der Waals surface area contributed by atoms with Crippen LogP contribution in [0.1, 0.15) is 23.2 Å². The molecular weight excluding hydrogens is 363 g/mol. The van der Waals surface area contributed by atoms with Gasteiger partial charge in [-0.05, 0) is 55.2 Å². The zero-order valence-electron chi connectivity index (χ0n) is 15.2. The summed E-state index contributed by atoms with van der Waals surface area (Å²) in [6, 6.07) is 11.3. The van der Waals surface area contributed by atoms with Crippen molar-refractivity contribution in [3.63, 3.8) is 0 Å². The number of hydrogen-bond acceptors (Lipinski definition) is 5. The lowest BCUT2D eigenvalue weighted by Gasteiger charge is -2.23. The first kappa shape index (κ1) is 18.4. The van der Waals surface area contributed by atoms with Gasteiger partial charge in [0.1, 0.15) is 5.82 Å². The highest BCUT2D eigenvalue weighted by molar-refractivity contribution is 5.93. The topological polar surface area (TPSA) is 88.4 Å². The fourth-order valence-electron chi connectivity index (χ4n) is 3.47. The van der Waals surface area contributed by atoms with Crippen molar-refractivity contribution >= 4 is 28.6 Å². The molecule has 1 aliphatic heterocycles. The number of imidazole rings is 1. The lowest BCUT2D eigenvalue weighted by atomic mass is 10.0. The molecular formula is C20H21FN4O3. The Morgan fingerprint density at radius 1 is 1.21 bits per heavy atom. The van der Waals surface area contributed by atoms with Crippen molar-refractivity contribution in [3.05, 3.63) is 53.8 Å². The summed E-state index contributed by atoms with van der Waals surface area (Å²) in [5.74, 6) is 0.182. The van der Waals surface area contributed by atoms with Gasteiger partial charge in [0.15, 0.2) is 0 Å². The summed E-state index contributed by atoms with van der Waals surface area (Å²) in [5, 5.41) is 12.0. The predicted molar refractivity (Wildman–Crippen MR) is 102 cm³/mol. The van der Waals surface area contributed by atoms with Crippen molar-refractivity contribution in [1.29, 1.82) is 0 Å². The molecule has 0 unspecified atom stereocenters. The molecule has 0 radical (unpaired) electrons. The number of benzene rings is 2. The highest BCUT2D eigenvalue weighted by Gasteiger charge is 2.19. The van der Waals surface area contributed by atoms with Crippen molar-refractivity contribution in [2.24, 2.45) is 5.92 Å². The van der Waals surface area contributed by atoms with Gasteiger partial charge in [-0.1, -0.05) is 0 Å². The van der Waals surface area contributed by atoms with Gasteiger partial charge in [-0.15, -0.1) is 0 Å². The van der Waals surface area contributed by atoms with Crippen LogP contribution in [0.4, 0.5) is 16.0 Å². The molecule has 1 fully saturated rings. The Hall–Kier alpha value is -2.97. The minimum absolute atomic E-state index is 0.325. The van der Waals surface area contributed by atoms with Gasteiger partial charge >= 0.3 is 0 Å². The fourth-order valence-corrected chi connectivity index (χ4v) is 3.47. The van der Waals surface area contributed by atoms with Crippen LogP contribution in [0.3, 0.4) is 0 Å². The molecule has 3 N–H and O–H groups in total. The zero-order chi connectivity index (χ0) is 19.5. The summed E-state index contributed by atoms with van der Waals surface area (Å²) < 4.78 is 21.2. The van der Waals surface area contributed by atoms with E-state index in [9.17, 15) is 9.18 Å². The van der Waals surface area contributed by atoms with Crippen LogP contribution >= 0.6 is 0 Å². The largest absolute Gasteiger partial charge is 0.381 e. The zero-order valence-corrected chi connectivity index (χ0v) is 15.2. The number of anilines is 2. The van der Waals surface area contributed by atoms with E-state index in [1.54, 1.807) is 35.8 Å². The van der Waals surface area contributed by atoms with Gasteiger partial charge in [0.2, 0.25) is 5.95 Å². The summed E-state index contributed by atoms with van der Waals surface area (Å²) in [7, 11) is 0. The molecule has 2 heterocycles. The molecule has 1 aliphatic rings. The van der Waals surface area contributed by atoms with Gasteiger partial charge in [-0.25, -0.2) is 14.9 Å². The minimum Gasteiger partial charge on any atom is -0.381 e. The Kier molecular flexibility index (Phi) is 5.23. The molecule has 0 atom stereocenters. The smallest absolute Gasteiger partial charge is 0.274 e. The monoisotopic (exact) mass is 384 g/mol. The second kappa shape index (κ2) is 7.95. The summed E-state index contributed by atoms with van der Waals surface area (Å²) in [4.78, 5) is 16.0. The molecule has 2 aromatic carbocycles. The number of aromatic nitrogens is 2. The fraction of sp³-hybridized carbons (Fsp3) is 0.300. The van der Waals surface area contributed by atoms with Crippen LogP contribution in [-0.4, -0.2) is 33.9 Å². The molecule has 3 aromatic rings. The standard InChI is InChI=1S/C20H21FN4O3/c21-15-3-6-18-17(11-15)23-20(25(18)12-13-7-9-28-10-8-13)22-16-4-1-14(2-5-16)19(26)24-27/h1-6,11,13,27H,7-10,12H2,(H,22,23)(H,24,26). The lowest BCUT2D eigenvalue weighted by Crippen LogP contribution is -2.21. The number of halogens is 1. The number of carbonyl (C=O) groups is 1. The van der Waals surface area contributed by atoms with Gasteiger partial charge in [0.05, 0.1) is 11.0 Å². The van der Waals surface area contributed by atoms with Crippen LogP contribution in [-0.2, 0) is 11.3 Å². The Morgan fingerprint density at radius 3 is 2.68 bits per heavy atom. The van der Waals surface area contributed by atoms with Gasteiger partial charge in [-0.3, -0.25) is 10.0 Å². The van der Waals surface area contributed by atoms with Gasteiger partial charge in [0.25, 0.3) is 5.91 Å². The van der Waals surface area contributed by atoms with Crippen LogP contribution in [0.2, 0.25) is 0 Å². The van der Waals surface area contributed by atoms with E-state index in [1.165, 1.54) is 12.1 Å².